The number of likely N-dealkylation sites (tertiary alicyclic amines) is 1. The molecule has 21 heavy (non-hydrogen) atoms. The van der Waals surface area contributed by atoms with Crippen LogP contribution in [0, 0.1) is 5.92 Å². The SMILES string of the molecule is CNCC1CCN(C(C)CCc2ccc(OC)cc2)CC1. The molecule has 0 radical (unpaired) electrons. The highest BCUT2D eigenvalue weighted by molar-refractivity contribution is 5.27. The van der Waals surface area contributed by atoms with Crippen LogP contribution in [0.1, 0.15) is 31.7 Å². The van der Waals surface area contributed by atoms with E-state index in [9.17, 15) is 0 Å². The fourth-order valence-electron chi connectivity index (χ4n) is 3.24. The van der Waals surface area contributed by atoms with Gasteiger partial charge in [-0.15, -0.1) is 0 Å². The zero-order chi connectivity index (χ0) is 15.1. The van der Waals surface area contributed by atoms with Crippen LogP contribution in [0.15, 0.2) is 24.3 Å². The normalized spacial score (nSPS) is 18.6. The summed E-state index contributed by atoms with van der Waals surface area (Å²) in [6.45, 7) is 6.07. The van der Waals surface area contributed by atoms with Crippen molar-refractivity contribution in [3.05, 3.63) is 29.8 Å². The van der Waals surface area contributed by atoms with E-state index >= 15 is 0 Å². The Morgan fingerprint density at radius 2 is 1.90 bits per heavy atom. The lowest BCUT2D eigenvalue weighted by Gasteiger charge is -2.36. The minimum absolute atomic E-state index is 0.683. The van der Waals surface area contributed by atoms with Gasteiger partial charge in [-0.1, -0.05) is 12.1 Å². The summed E-state index contributed by atoms with van der Waals surface area (Å²) in [6.07, 6.45) is 5.08. The van der Waals surface area contributed by atoms with Gasteiger partial charge in [0.1, 0.15) is 5.75 Å². The lowest BCUT2D eigenvalue weighted by atomic mass is 9.95. The van der Waals surface area contributed by atoms with Crippen LogP contribution in [0.2, 0.25) is 0 Å². The molecule has 1 N–H and O–H groups in total. The molecule has 0 aromatic heterocycles. The fourth-order valence-corrected chi connectivity index (χ4v) is 3.24. The Bertz CT molecular complexity index is 396. The molecule has 2 rings (SSSR count). The van der Waals surface area contributed by atoms with Crippen LogP contribution in [0.25, 0.3) is 0 Å². The number of nitrogens with zero attached hydrogens (tertiary/aromatic N) is 1. The fraction of sp³-hybridized carbons (Fsp3) is 0.667. The monoisotopic (exact) mass is 290 g/mol. The van der Waals surface area contributed by atoms with Crippen molar-refractivity contribution >= 4 is 0 Å². The second-order valence-electron chi connectivity index (χ2n) is 6.27. The number of methoxy groups -OCH3 is 1. The third-order valence-corrected chi connectivity index (χ3v) is 4.78. The van der Waals surface area contributed by atoms with Gasteiger partial charge < -0.3 is 15.0 Å². The van der Waals surface area contributed by atoms with Crippen LogP contribution in [0.5, 0.6) is 5.75 Å². The van der Waals surface area contributed by atoms with E-state index in [4.69, 9.17) is 4.74 Å². The molecule has 1 atom stereocenters. The summed E-state index contributed by atoms with van der Waals surface area (Å²) >= 11 is 0. The number of benzene rings is 1. The molecule has 1 fully saturated rings. The minimum atomic E-state index is 0.683. The zero-order valence-electron chi connectivity index (χ0n) is 13.8. The van der Waals surface area contributed by atoms with E-state index in [1.165, 1.54) is 44.5 Å². The number of aryl methyl sites for hydroxylation is 1. The minimum Gasteiger partial charge on any atom is -0.497 e. The van der Waals surface area contributed by atoms with Gasteiger partial charge >= 0.3 is 0 Å². The molecule has 1 aliphatic rings. The van der Waals surface area contributed by atoms with Crippen molar-refractivity contribution in [2.45, 2.75) is 38.6 Å². The van der Waals surface area contributed by atoms with Gasteiger partial charge in [0, 0.05) is 6.04 Å². The van der Waals surface area contributed by atoms with Gasteiger partial charge in [0.15, 0.2) is 0 Å². The molecule has 0 amide bonds. The van der Waals surface area contributed by atoms with Gasteiger partial charge in [-0.25, -0.2) is 0 Å². The lowest BCUT2D eigenvalue weighted by Crippen LogP contribution is -2.41. The van der Waals surface area contributed by atoms with Crippen LogP contribution in [0.3, 0.4) is 0 Å². The average molecular weight is 290 g/mol. The summed E-state index contributed by atoms with van der Waals surface area (Å²) in [5, 5.41) is 3.31. The molecule has 1 heterocycles. The van der Waals surface area contributed by atoms with E-state index in [0.717, 1.165) is 18.1 Å². The highest BCUT2D eigenvalue weighted by atomic mass is 16.5. The van der Waals surface area contributed by atoms with Crippen molar-refractivity contribution in [1.82, 2.24) is 10.2 Å². The molecule has 1 saturated heterocycles. The summed E-state index contributed by atoms with van der Waals surface area (Å²) in [5.41, 5.74) is 1.41. The molecule has 1 unspecified atom stereocenters. The Balaban J connectivity index is 1.73. The molecule has 1 aliphatic heterocycles. The van der Waals surface area contributed by atoms with E-state index in [-0.39, 0.29) is 0 Å². The molecule has 1 aromatic rings. The number of nitrogens with one attached hydrogen (secondary N) is 1. The number of hydrogen-bond acceptors (Lipinski definition) is 3. The molecular formula is C18H30N2O. The standard InChI is InChI=1S/C18H30N2O/c1-15(20-12-10-17(11-13-20)14-19-2)4-5-16-6-8-18(21-3)9-7-16/h6-9,15,17,19H,4-5,10-14H2,1-3H3. The van der Waals surface area contributed by atoms with Crippen molar-refractivity contribution in [1.29, 1.82) is 0 Å². The first-order valence-corrected chi connectivity index (χ1v) is 8.24. The molecule has 3 heteroatoms. The van der Waals surface area contributed by atoms with Gasteiger partial charge in [0.05, 0.1) is 7.11 Å². The largest absolute Gasteiger partial charge is 0.497 e. The van der Waals surface area contributed by atoms with E-state index in [2.05, 4.69) is 48.5 Å². The summed E-state index contributed by atoms with van der Waals surface area (Å²) in [6, 6.07) is 9.17. The van der Waals surface area contributed by atoms with Crippen LogP contribution in [0.4, 0.5) is 0 Å². The van der Waals surface area contributed by atoms with E-state index < -0.39 is 0 Å². The summed E-state index contributed by atoms with van der Waals surface area (Å²) in [7, 11) is 3.78. The smallest absolute Gasteiger partial charge is 0.118 e. The van der Waals surface area contributed by atoms with Gasteiger partial charge in [-0.3, -0.25) is 0 Å². The van der Waals surface area contributed by atoms with Gasteiger partial charge in [0.25, 0.3) is 0 Å². The quantitative estimate of drug-likeness (QED) is 0.835. The predicted molar refractivity (Wildman–Crippen MR) is 89.0 cm³/mol. The van der Waals surface area contributed by atoms with Crippen LogP contribution in [-0.4, -0.2) is 44.7 Å². The zero-order valence-corrected chi connectivity index (χ0v) is 13.8. The maximum absolute atomic E-state index is 5.21. The Hall–Kier alpha value is -1.06. The van der Waals surface area contributed by atoms with Gasteiger partial charge in [-0.2, -0.15) is 0 Å². The van der Waals surface area contributed by atoms with E-state index in [1.807, 2.05) is 0 Å². The molecular weight excluding hydrogens is 260 g/mol. The predicted octanol–water partition coefficient (Wildman–Crippen LogP) is 2.95. The summed E-state index contributed by atoms with van der Waals surface area (Å²) in [4.78, 5) is 2.66. The van der Waals surface area contributed by atoms with Crippen molar-refractivity contribution in [3.8, 4) is 5.75 Å². The second-order valence-corrected chi connectivity index (χ2v) is 6.27. The summed E-state index contributed by atoms with van der Waals surface area (Å²) < 4.78 is 5.21. The van der Waals surface area contributed by atoms with Crippen molar-refractivity contribution in [3.63, 3.8) is 0 Å². The number of ether oxygens (including phenoxy) is 1. The first-order chi connectivity index (χ1) is 10.2. The highest BCUT2D eigenvalue weighted by Gasteiger charge is 2.21. The maximum atomic E-state index is 5.21. The van der Waals surface area contributed by atoms with E-state index in [0.29, 0.717) is 6.04 Å². The number of piperidine rings is 1. The highest BCUT2D eigenvalue weighted by Crippen LogP contribution is 2.20. The molecule has 0 spiro atoms. The number of hydrogen-bond donors (Lipinski definition) is 1. The van der Waals surface area contributed by atoms with Gasteiger partial charge in [0.2, 0.25) is 0 Å². The summed E-state index contributed by atoms with van der Waals surface area (Å²) in [5.74, 6) is 1.82. The Morgan fingerprint density at radius 1 is 1.24 bits per heavy atom. The number of rotatable bonds is 7. The van der Waals surface area contributed by atoms with Crippen molar-refractivity contribution in [2.24, 2.45) is 5.92 Å². The third kappa shape index (κ3) is 5.01. The van der Waals surface area contributed by atoms with Gasteiger partial charge in [-0.05, 0) is 82.9 Å². The van der Waals surface area contributed by atoms with Crippen molar-refractivity contribution in [2.75, 3.05) is 33.8 Å². The lowest BCUT2D eigenvalue weighted by molar-refractivity contribution is 0.135. The topological polar surface area (TPSA) is 24.5 Å². The van der Waals surface area contributed by atoms with Crippen LogP contribution in [-0.2, 0) is 6.42 Å². The molecule has 3 nitrogen and oxygen atoms in total. The second kappa shape index (κ2) is 8.40. The van der Waals surface area contributed by atoms with Crippen LogP contribution >= 0.6 is 0 Å². The third-order valence-electron chi connectivity index (χ3n) is 4.78. The van der Waals surface area contributed by atoms with E-state index in [1.54, 1.807) is 7.11 Å². The van der Waals surface area contributed by atoms with Crippen molar-refractivity contribution < 1.29 is 4.74 Å². The van der Waals surface area contributed by atoms with Crippen LogP contribution < -0.4 is 10.1 Å². The molecule has 0 aliphatic carbocycles. The maximum Gasteiger partial charge on any atom is 0.118 e. The Morgan fingerprint density at radius 3 is 2.48 bits per heavy atom. The Kier molecular flexibility index (Phi) is 6.52. The Labute approximate surface area is 129 Å². The molecule has 0 bridgehead atoms. The average Bonchev–Trinajstić information content (AvgIpc) is 2.54. The molecule has 118 valence electrons. The molecule has 1 aromatic carbocycles. The first-order valence-electron chi connectivity index (χ1n) is 8.24. The first kappa shape index (κ1) is 16.3. The molecule has 0 saturated carbocycles.